The van der Waals surface area contributed by atoms with Crippen molar-refractivity contribution >= 4 is 21.7 Å². The Hall–Kier alpha value is -2.45. The van der Waals surface area contributed by atoms with E-state index in [-0.39, 0.29) is 10.9 Å². The normalized spacial score (nSPS) is 15.7. The largest absolute Gasteiger partial charge is 0.338 e. The number of nitrogens with one attached hydrogen (secondary N) is 2. The van der Waals surface area contributed by atoms with E-state index < -0.39 is 15.8 Å². The lowest BCUT2D eigenvalue weighted by molar-refractivity contribution is 0.245. The number of hydrogen-bond donors (Lipinski definition) is 2. The SMILES string of the molecule is Cc1cccc(NC(=O)NCCC2CCN(S(=O)(=O)c3ccc(F)cc3)CC2)c1C. The van der Waals surface area contributed by atoms with Crippen LogP contribution in [0.3, 0.4) is 0 Å². The summed E-state index contributed by atoms with van der Waals surface area (Å²) in [5, 5.41) is 5.75. The molecule has 0 unspecified atom stereocenters. The molecule has 0 saturated carbocycles. The summed E-state index contributed by atoms with van der Waals surface area (Å²) in [5.41, 5.74) is 2.96. The maximum absolute atomic E-state index is 13.1. The van der Waals surface area contributed by atoms with Gasteiger partial charge in [-0.15, -0.1) is 0 Å². The fraction of sp³-hybridized carbons (Fsp3) is 0.409. The average molecular weight is 434 g/mol. The van der Waals surface area contributed by atoms with Gasteiger partial charge in [0.1, 0.15) is 5.82 Å². The fourth-order valence-electron chi connectivity index (χ4n) is 3.64. The monoisotopic (exact) mass is 433 g/mol. The Morgan fingerprint density at radius 3 is 2.43 bits per heavy atom. The van der Waals surface area contributed by atoms with Gasteiger partial charge in [0.15, 0.2) is 0 Å². The van der Waals surface area contributed by atoms with Crippen LogP contribution >= 0.6 is 0 Å². The molecule has 0 spiro atoms. The Labute approximate surface area is 177 Å². The Morgan fingerprint density at radius 2 is 1.77 bits per heavy atom. The Morgan fingerprint density at radius 1 is 1.10 bits per heavy atom. The molecule has 1 saturated heterocycles. The van der Waals surface area contributed by atoms with Gasteiger partial charge >= 0.3 is 6.03 Å². The number of amides is 2. The van der Waals surface area contributed by atoms with Gasteiger partial charge in [-0.3, -0.25) is 0 Å². The van der Waals surface area contributed by atoms with Crippen molar-refractivity contribution in [2.45, 2.75) is 38.0 Å². The minimum Gasteiger partial charge on any atom is -0.338 e. The highest BCUT2D eigenvalue weighted by molar-refractivity contribution is 7.89. The number of aryl methyl sites for hydroxylation is 1. The van der Waals surface area contributed by atoms with Crippen LogP contribution in [0.4, 0.5) is 14.9 Å². The number of halogens is 1. The molecule has 1 aliphatic heterocycles. The van der Waals surface area contributed by atoms with Crippen LogP contribution in [0.2, 0.25) is 0 Å². The summed E-state index contributed by atoms with van der Waals surface area (Å²) in [4.78, 5) is 12.3. The summed E-state index contributed by atoms with van der Waals surface area (Å²) >= 11 is 0. The van der Waals surface area contributed by atoms with Crippen molar-refractivity contribution in [3.05, 3.63) is 59.4 Å². The lowest BCUT2D eigenvalue weighted by Gasteiger charge is -2.31. The second-order valence-corrected chi connectivity index (χ2v) is 9.66. The molecule has 0 bridgehead atoms. The van der Waals surface area contributed by atoms with Gasteiger partial charge in [-0.2, -0.15) is 4.31 Å². The fourth-order valence-corrected chi connectivity index (χ4v) is 5.11. The lowest BCUT2D eigenvalue weighted by atomic mass is 9.95. The molecule has 2 aromatic rings. The van der Waals surface area contributed by atoms with Gasteiger partial charge in [-0.1, -0.05) is 12.1 Å². The first-order chi connectivity index (χ1) is 14.3. The maximum atomic E-state index is 13.1. The van der Waals surface area contributed by atoms with Gasteiger partial charge in [0, 0.05) is 25.3 Å². The highest BCUT2D eigenvalue weighted by Gasteiger charge is 2.29. The number of sulfonamides is 1. The van der Waals surface area contributed by atoms with Crippen molar-refractivity contribution < 1.29 is 17.6 Å². The molecule has 1 aliphatic rings. The van der Waals surface area contributed by atoms with Crippen LogP contribution < -0.4 is 10.6 Å². The number of piperidine rings is 1. The minimum absolute atomic E-state index is 0.118. The van der Waals surface area contributed by atoms with Crippen LogP contribution in [-0.4, -0.2) is 38.4 Å². The van der Waals surface area contributed by atoms with Crippen LogP contribution in [0.15, 0.2) is 47.4 Å². The highest BCUT2D eigenvalue weighted by Crippen LogP contribution is 2.25. The van der Waals surface area contributed by atoms with Gasteiger partial charge in [0.25, 0.3) is 0 Å². The average Bonchev–Trinajstić information content (AvgIpc) is 2.72. The second-order valence-electron chi connectivity index (χ2n) is 7.72. The van der Waals surface area contributed by atoms with E-state index in [0.29, 0.717) is 25.6 Å². The van der Waals surface area contributed by atoms with E-state index in [1.54, 1.807) is 0 Å². The van der Waals surface area contributed by atoms with Crippen molar-refractivity contribution in [3.63, 3.8) is 0 Å². The molecule has 30 heavy (non-hydrogen) atoms. The summed E-state index contributed by atoms with van der Waals surface area (Å²) in [6.45, 7) is 5.37. The van der Waals surface area contributed by atoms with Crippen LogP contribution in [0.5, 0.6) is 0 Å². The molecule has 0 aliphatic carbocycles. The van der Waals surface area contributed by atoms with Gasteiger partial charge in [0.05, 0.1) is 4.90 Å². The molecule has 1 fully saturated rings. The first kappa shape index (κ1) is 22.2. The second kappa shape index (κ2) is 9.57. The molecule has 3 rings (SSSR count). The zero-order valence-corrected chi connectivity index (χ0v) is 18.1. The van der Waals surface area contributed by atoms with Crippen LogP contribution in [0, 0.1) is 25.6 Å². The molecule has 0 atom stereocenters. The third-order valence-electron chi connectivity index (χ3n) is 5.72. The summed E-state index contributed by atoms with van der Waals surface area (Å²) in [6, 6.07) is 10.5. The van der Waals surface area contributed by atoms with Crippen LogP contribution in [0.1, 0.15) is 30.4 Å². The molecule has 2 N–H and O–H groups in total. The van der Waals surface area contributed by atoms with E-state index in [1.165, 1.54) is 16.4 Å². The Bertz CT molecular complexity index is 985. The molecular formula is C22H28FN3O3S. The minimum atomic E-state index is -3.59. The number of carbonyl (C=O) groups is 1. The third-order valence-corrected chi connectivity index (χ3v) is 7.63. The lowest BCUT2D eigenvalue weighted by Crippen LogP contribution is -2.39. The van der Waals surface area contributed by atoms with Crippen molar-refractivity contribution in [2.24, 2.45) is 5.92 Å². The van der Waals surface area contributed by atoms with E-state index in [4.69, 9.17) is 0 Å². The van der Waals surface area contributed by atoms with E-state index in [1.807, 2.05) is 32.0 Å². The predicted octanol–water partition coefficient (Wildman–Crippen LogP) is 4.06. The summed E-state index contributed by atoms with van der Waals surface area (Å²) in [6.07, 6.45) is 2.27. The van der Waals surface area contributed by atoms with Crippen LogP contribution in [-0.2, 0) is 10.0 Å². The zero-order valence-electron chi connectivity index (χ0n) is 17.3. The van der Waals surface area contributed by atoms with Crippen molar-refractivity contribution in [3.8, 4) is 0 Å². The maximum Gasteiger partial charge on any atom is 0.319 e. The summed E-state index contributed by atoms with van der Waals surface area (Å²) < 4.78 is 39.9. The third kappa shape index (κ3) is 5.37. The number of rotatable bonds is 6. The summed E-state index contributed by atoms with van der Waals surface area (Å²) in [5.74, 6) is -0.104. The first-order valence-electron chi connectivity index (χ1n) is 10.1. The van der Waals surface area contributed by atoms with E-state index in [9.17, 15) is 17.6 Å². The Kier molecular flexibility index (Phi) is 7.10. The number of nitrogens with zero attached hydrogens (tertiary/aromatic N) is 1. The van der Waals surface area contributed by atoms with E-state index >= 15 is 0 Å². The number of anilines is 1. The molecule has 162 valence electrons. The molecule has 1 heterocycles. The van der Waals surface area contributed by atoms with Gasteiger partial charge in [-0.25, -0.2) is 17.6 Å². The van der Waals surface area contributed by atoms with E-state index in [0.717, 1.165) is 48.2 Å². The highest BCUT2D eigenvalue weighted by atomic mass is 32.2. The number of carbonyl (C=O) groups excluding carboxylic acids is 1. The smallest absolute Gasteiger partial charge is 0.319 e. The molecular weight excluding hydrogens is 405 g/mol. The molecule has 2 aromatic carbocycles. The molecule has 2 amide bonds. The molecule has 0 radical (unpaired) electrons. The summed E-state index contributed by atoms with van der Waals surface area (Å²) in [7, 11) is -3.59. The van der Waals surface area contributed by atoms with Crippen molar-refractivity contribution in [2.75, 3.05) is 25.0 Å². The molecule has 8 heteroatoms. The number of benzene rings is 2. The van der Waals surface area contributed by atoms with E-state index in [2.05, 4.69) is 10.6 Å². The topological polar surface area (TPSA) is 78.5 Å². The standard InChI is InChI=1S/C22H28FN3O3S/c1-16-4-3-5-21(17(16)2)25-22(27)24-13-10-18-11-14-26(15-12-18)30(28,29)20-8-6-19(23)7-9-20/h3-9,18H,10-15H2,1-2H3,(H2,24,25,27). The van der Waals surface area contributed by atoms with Crippen molar-refractivity contribution in [1.82, 2.24) is 9.62 Å². The quantitative estimate of drug-likeness (QED) is 0.721. The van der Waals surface area contributed by atoms with Gasteiger partial charge < -0.3 is 10.6 Å². The Balaban J connectivity index is 1.43. The van der Waals surface area contributed by atoms with Crippen LogP contribution in [0.25, 0.3) is 0 Å². The van der Waals surface area contributed by atoms with Gasteiger partial charge in [0.2, 0.25) is 10.0 Å². The number of hydrogen-bond acceptors (Lipinski definition) is 3. The molecule has 0 aromatic heterocycles. The predicted molar refractivity (Wildman–Crippen MR) is 115 cm³/mol. The number of urea groups is 1. The van der Waals surface area contributed by atoms with Gasteiger partial charge in [-0.05, 0) is 80.5 Å². The first-order valence-corrected chi connectivity index (χ1v) is 11.6. The zero-order chi connectivity index (χ0) is 21.7. The molecule has 6 nitrogen and oxygen atoms in total. The van der Waals surface area contributed by atoms with Crippen molar-refractivity contribution in [1.29, 1.82) is 0 Å².